The van der Waals surface area contributed by atoms with Gasteiger partial charge < -0.3 is 25.0 Å². The van der Waals surface area contributed by atoms with Crippen LogP contribution in [-0.2, 0) is 11.2 Å². The second kappa shape index (κ2) is 16.7. The molecule has 6 rings (SSSR count). The molecule has 1 unspecified atom stereocenters. The van der Waals surface area contributed by atoms with Gasteiger partial charge >= 0.3 is 6.03 Å². The van der Waals surface area contributed by atoms with E-state index in [-0.39, 0.29) is 6.03 Å². The third kappa shape index (κ3) is 9.53. The van der Waals surface area contributed by atoms with E-state index in [0.29, 0.717) is 12.0 Å². The summed E-state index contributed by atoms with van der Waals surface area (Å²) in [5.74, 6) is 2.14. The first kappa shape index (κ1) is 34.3. The minimum absolute atomic E-state index is 0.163. The SMILES string of the molecule is CCCN(CCC(CC)Cc1ccc(-c2cc3nccc(Oc4ccc(NC(=O)NC5CC5)cc4C)c3s2)nc1)CCN1CCOCC1. The number of nitrogens with one attached hydrogen (secondary N) is 2. The zero-order chi connectivity index (χ0) is 33.3. The van der Waals surface area contributed by atoms with E-state index < -0.39 is 0 Å². The summed E-state index contributed by atoms with van der Waals surface area (Å²) in [6.45, 7) is 15.0. The van der Waals surface area contributed by atoms with Gasteiger partial charge in [-0.15, -0.1) is 11.3 Å². The molecule has 48 heavy (non-hydrogen) atoms. The highest BCUT2D eigenvalue weighted by atomic mass is 32.1. The van der Waals surface area contributed by atoms with Crippen LogP contribution in [0, 0.1) is 12.8 Å². The van der Waals surface area contributed by atoms with Gasteiger partial charge in [0, 0.05) is 56.4 Å². The van der Waals surface area contributed by atoms with E-state index in [2.05, 4.69) is 63.7 Å². The van der Waals surface area contributed by atoms with Gasteiger partial charge in [-0.3, -0.25) is 14.9 Å². The zero-order valence-electron chi connectivity index (χ0n) is 28.7. The number of fused-ring (bicyclic) bond motifs is 1. The lowest BCUT2D eigenvalue weighted by Gasteiger charge is -2.30. The van der Waals surface area contributed by atoms with Gasteiger partial charge in [-0.1, -0.05) is 26.3 Å². The van der Waals surface area contributed by atoms with Crippen molar-refractivity contribution in [3.05, 3.63) is 66.0 Å². The molecule has 4 aromatic rings. The molecule has 1 aliphatic carbocycles. The number of carbonyl (C=O) groups is 1. The fourth-order valence-corrected chi connectivity index (χ4v) is 7.30. The second-order valence-electron chi connectivity index (χ2n) is 13.2. The maximum atomic E-state index is 12.2. The Hall–Kier alpha value is -3.57. The van der Waals surface area contributed by atoms with Crippen LogP contribution in [0.4, 0.5) is 10.5 Å². The fraction of sp³-hybridized carbons (Fsp3) is 0.500. The van der Waals surface area contributed by atoms with Gasteiger partial charge in [0.1, 0.15) is 11.5 Å². The van der Waals surface area contributed by atoms with Crippen molar-refractivity contribution >= 4 is 33.3 Å². The molecule has 1 saturated heterocycles. The predicted molar refractivity (Wildman–Crippen MR) is 195 cm³/mol. The molecule has 2 N–H and O–H groups in total. The Bertz CT molecular complexity index is 1630. The molecule has 1 atom stereocenters. The van der Waals surface area contributed by atoms with E-state index >= 15 is 0 Å². The summed E-state index contributed by atoms with van der Waals surface area (Å²) in [6.07, 6.45) is 10.6. The molecule has 2 fully saturated rings. The van der Waals surface area contributed by atoms with Crippen molar-refractivity contribution in [2.75, 3.05) is 57.8 Å². The Morgan fingerprint density at radius 3 is 2.65 bits per heavy atom. The molecule has 2 aliphatic rings. The maximum absolute atomic E-state index is 12.2. The highest BCUT2D eigenvalue weighted by molar-refractivity contribution is 7.22. The van der Waals surface area contributed by atoms with Gasteiger partial charge in [0.25, 0.3) is 0 Å². The number of nitrogens with zero attached hydrogens (tertiary/aromatic N) is 4. The third-order valence-electron chi connectivity index (χ3n) is 9.35. The Labute approximate surface area is 289 Å². The number of anilines is 1. The van der Waals surface area contributed by atoms with Gasteiger partial charge in [-0.2, -0.15) is 0 Å². The van der Waals surface area contributed by atoms with Crippen molar-refractivity contribution in [2.24, 2.45) is 5.92 Å². The molecule has 0 bridgehead atoms. The summed E-state index contributed by atoms with van der Waals surface area (Å²) in [5.41, 5.74) is 4.82. The normalized spacial score (nSPS) is 15.9. The maximum Gasteiger partial charge on any atom is 0.319 e. The van der Waals surface area contributed by atoms with Crippen molar-refractivity contribution in [1.29, 1.82) is 0 Å². The smallest absolute Gasteiger partial charge is 0.319 e. The summed E-state index contributed by atoms with van der Waals surface area (Å²) >= 11 is 1.65. The Morgan fingerprint density at radius 1 is 1.06 bits per heavy atom. The van der Waals surface area contributed by atoms with Crippen molar-refractivity contribution in [3.8, 4) is 22.1 Å². The molecule has 1 aliphatic heterocycles. The highest BCUT2D eigenvalue weighted by Crippen LogP contribution is 2.39. The van der Waals surface area contributed by atoms with E-state index in [1.165, 1.54) is 24.8 Å². The number of ether oxygens (including phenoxy) is 2. The summed E-state index contributed by atoms with van der Waals surface area (Å²) in [4.78, 5) is 27.9. The van der Waals surface area contributed by atoms with Crippen molar-refractivity contribution in [1.82, 2.24) is 25.1 Å². The first-order valence-electron chi connectivity index (χ1n) is 17.7. The Balaban J connectivity index is 1.05. The lowest BCUT2D eigenvalue weighted by atomic mass is 9.94. The highest BCUT2D eigenvalue weighted by Gasteiger charge is 2.23. The van der Waals surface area contributed by atoms with Crippen LogP contribution >= 0.6 is 11.3 Å². The Kier molecular flexibility index (Phi) is 11.9. The monoisotopic (exact) mass is 670 g/mol. The zero-order valence-corrected chi connectivity index (χ0v) is 29.5. The van der Waals surface area contributed by atoms with E-state index in [9.17, 15) is 4.79 Å². The van der Waals surface area contributed by atoms with Crippen LogP contribution in [0.15, 0.2) is 54.9 Å². The third-order valence-corrected chi connectivity index (χ3v) is 10.5. The number of pyridine rings is 2. The van der Waals surface area contributed by atoms with Crippen LogP contribution < -0.4 is 15.4 Å². The van der Waals surface area contributed by atoms with Gasteiger partial charge in [0.05, 0.1) is 34.0 Å². The van der Waals surface area contributed by atoms with E-state index in [0.717, 1.165) is 115 Å². The largest absolute Gasteiger partial charge is 0.455 e. The van der Waals surface area contributed by atoms with Gasteiger partial charge in [0.2, 0.25) is 0 Å². The first-order chi connectivity index (χ1) is 23.5. The van der Waals surface area contributed by atoms with Gasteiger partial charge in [0.15, 0.2) is 0 Å². The Morgan fingerprint density at radius 2 is 1.92 bits per heavy atom. The number of morpholine rings is 1. The van der Waals surface area contributed by atoms with Crippen LogP contribution in [0.5, 0.6) is 11.5 Å². The molecule has 256 valence electrons. The number of benzene rings is 1. The molecule has 1 saturated carbocycles. The number of carbonyl (C=O) groups excluding carboxylic acids is 1. The number of aromatic nitrogens is 2. The predicted octanol–water partition coefficient (Wildman–Crippen LogP) is 7.75. The topological polar surface area (TPSA) is 91.8 Å². The number of urea groups is 1. The molecule has 0 spiro atoms. The van der Waals surface area contributed by atoms with Crippen LogP contribution in [-0.4, -0.2) is 84.3 Å². The lowest BCUT2D eigenvalue weighted by molar-refractivity contribution is 0.0331. The summed E-state index contributed by atoms with van der Waals surface area (Å²) in [5, 5.41) is 5.87. The van der Waals surface area contributed by atoms with Crippen LogP contribution in [0.25, 0.3) is 20.8 Å². The number of hydrogen-bond acceptors (Lipinski definition) is 8. The molecule has 0 radical (unpaired) electrons. The molecule has 4 heterocycles. The van der Waals surface area contributed by atoms with Crippen molar-refractivity contribution in [2.45, 2.75) is 65.3 Å². The van der Waals surface area contributed by atoms with Crippen molar-refractivity contribution < 1.29 is 14.3 Å². The average Bonchev–Trinajstić information content (AvgIpc) is 3.80. The molecule has 10 heteroatoms. The van der Waals surface area contributed by atoms with Crippen LogP contribution in [0.2, 0.25) is 0 Å². The minimum atomic E-state index is -0.163. The number of amides is 2. The second-order valence-corrected chi connectivity index (χ2v) is 14.3. The number of rotatable bonds is 16. The van der Waals surface area contributed by atoms with Crippen molar-refractivity contribution in [3.63, 3.8) is 0 Å². The molecule has 1 aromatic carbocycles. The molecular weight excluding hydrogens is 621 g/mol. The molecule has 3 aromatic heterocycles. The minimum Gasteiger partial charge on any atom is -0.455 e. The van der Waals surface area contributed by atoms with E-state index in [1.54, 1.807) is 17.5 Å². The van der Waals surface area contributed by atoms with E-state index in [4.69, 9.17) is 14.5 Å². The molecule has 2 amide bonds. The summed E-state index contributed by atoms with van der Waals surface area (Å²) in [6, 6.07) is 14.2. The number of aryl methyl sites for hydroxylation is 1. The van der Waals surface area contributed by atoms with E-state index in [1.807, 2.05) is 31.2 Å². The standard InChI is InChI=1S/C38H50N6O3S/c1-4-15-43(17-18-44-19-21-46-22-20-44)16-13-28(5-2)24-29-6-10-32(40-26-29)36-25-33-37(48-36)35(12-14-39-33)47-34-11-9-31(23-27(34)3)42-38(45)41-30-7-8-30/h6,9-12,14,23,25-26,28,30H,4-5,7-8,13,15-22,24H2,1-3H3,(H2,41,42,45). The fourth-order valence-electron chi connectivity index (χ4n) is 6.26. The first-order valence-corrected chi connectivity index (χ1v) is 18.5. The number of hydrogen-bond donors (Lipinski definition) is 2. The quantitative estimate of drug-likeness (QED) is 0.126. The summed E-state index contributed by atoms with van der Waals surface area (Å²) < 4.78 is 12.9. The summed E-state index contributed by atoms with van der Waals surface area (Å²) in [7, 11) is 0. The molecule has 9 nitrogen and oxygen atoms in total. The van der Waals surface area contributed by atoms with Crippen LogP contribution in [0.3, 0.4) is 0 Å². The van der Waals surface area contributed by atoms with Gasteiger partial charge in [-0.05, 0) is 99.5 Å². The number of thiophene rings is 1. The average molecular weight is 671 g/mol. The molecular formula is C38H50N6O3S. The van der Waals surface area contributed by atoms with Crippen LogP contribution in [0.1, 0.15) is 57.1 Å². The lowest BCUT2D eigenvalue weighted by Crippen LogP contribution is -2.42. The van der Waals surface area contributed by atoms with Gasteiger partial charge in [-0.25, -0.2) is 4.79 Å².